The van der Waals surface area contributed by atoms with Crippen molar-refractivity contribution in [1.82, 2.24) is 10.6 Å². The van der Waals surface area contributed by atoms with E-state index in [0.717, 1.165) is 19.5 Å². The van der Waals surface area contributed by atoms with Gasteiger partial charge in [-0.2, -0.15) is 0 Å². The Morgan fingerprint density at radius 1 is 1.31 bits per heavy atom. The van der Waals surface area contributed by atoms with Gasteiger partial charge in [-0.3, -0.25) is 14.9 Å². The van der Waals surface area contributed by atoms with Crippen LogP contribution in [0, 0.1) is 17.3 Å². The molecule has 2 saturated heterocycles. The van der Waals surface area contributed by atoms with Gasteiger partial charge in [0.1, 0.15) is 0 Å². The van der Waals surface area contributed by atoms with Crippen molar-refractivity contribution < 1.29 is 14.7 Å². The molecular weight excluding hydrogens is 208 g/mol. The van der Waals surface area contributed by atoms with Crippen molar-refractivity contribution in [2.45, 2.75) is 25.4 Å². The van der Waals surface area contributed by atoms with Gasteiger partial charge in [0, 0.05) is 0 Å². The summed E-state index contributed by atoms with van der Waals surface area (Å²) in [5, 5.41) is 15.9. The number of hydrogen-bond donors (Lipinski definition) is 3. The molecule has 3 fully saturated rings. The fourth-order valence-electron chi connectivity index (χ4n) is 3.05. The van der Waals surface area contributed by atoms with Crippen LogP contribution in [0.5, 0.6) is 0 Å². The van der Waals surface area contributed by atoms with Gasteiger partial charge in [0.05, 0.1) is 17.4 Å². The molecule has 0 aromatic carbocycles. The van der Waals surface area contributed by atoms with E-state index >= 15 is 0 Å². The Kier molecular flexibility index (Phi) is 2.09. The monoisotopic (exact) mass is 224 g/mol. The van der Waals surface area contributed by atoms with E-state index in [1.165, 1.54) is 0 Å². The minimum Gasteiger partial charge on any atom is -0.391 e. The molecule has 0 bridgehead atoms. The van der Waals surface area contributed by atoms with Crippen LogP contribution in [-0.4, -0.2) is 36.1 Å². The van der Waals surface area contributed by atoms with Crippen molar-refractivity contribution in [3.63, 3.8) is 0 Å². The number of aliphatic hydroxyl groups excluding tert-OH is 1. The zero-order chi connectivity index (χ0) is 11.3. The van der Waals surface area contributed by atoms with E-state index < -0.39 is 17.4 Å². The summed E-state index contributed by atoms with van der Waals surface area (Å²) < 4.78 is 0. The molecule has 0 radical (unpaired) electrons. The van der Waals surface area contributed by atoms with Crippen LogP contribution >= 0.6 is 0 Å². The van der Waals surface area contributed by atoms with E-state index in [1.54, 1.807) is 0 Å². The highest BCUT2D eigenvalue weighted by molar-refractivity contribution is 6.04. The molecule has 16 heavy (non-hydrogen) atoms. The molecule has 3 rings (SSSR count). The number of carbonyl (C=O) groups is 2. The Morgan fingerprint density at radius 3 is 2.62 bits per heavy atom. The molecule has 5 heteroatoms. The smallest absolute Gasteiger partial charge is 0.235 e. The van der Waals surface area contributed by atoms with Gasteiger partial charge in [-0.15, -0.1) is 0 Å². The molecule has 0 aromatic heterocycles. The number of imide groups is 1. The molecule has 2 aliphatic heterocycles. The molecular formula is C11H16N2O3. The van der Waals surface area contributed by atoms with E-state index in [1.807, 2.05) is 0 Å². The van der Waals surface area contributed by atoms with Crippen LogP contribution in [-0.2, 0) is 9.59 Å². The number of hydrogen-bond acceptors (Lipinski definition) is 4. The molecule has 3 atom stereocenters. The van der Waals surface area contributed by atoms with Crippen LogP contribution in [0.1, 0.15) is 19.3 Å². The summed E-state index contributed by atoms with van der Waals surface area (Å²) in [4.78, 5) is 23.4. The van der Waals surface area contributed by atoms with Gasteiger partial charge >= 0.3 is 0 Å². The quantitative estimate of drug-likeness (QED) is 0.500. The summed E-state index contributed by atoms with van der Waals surface area (Å²) in [6.07, 6.45) is 1.55. The van der Waals surface area contributed by atoms with Gasteiger partial charge in [-0.1, -0.05) is 0 Å². The molecule has 1 aliphatic carbocycles. The average molecular weight is 224 g/mol. The first-order chi connectivity index (χ1) is 7.65. The second kappa shape index (κ2) is 3.28. The zero-order valence-electron chi connectivity index (χ0n) is 9.03. The first kappa shape index (κ1) is 10.2. The summed E-state index contributed by atoms with van der Waals surface area (Å²) in [7, 11) is 0. The lowest BCUT2D eigenvalue weighted by atomic mass is 9.76. The third-order valence-corrected chi connectivity index (χ3v) is 4.29. The minimum absolute atomic E-state index is 0.167. The summed E-state index contributed by atoms with van der Waals surface area (Å²) in [5.41, 5.74) is -0.638. The largest absolute Gasteiger partial charge is 0.391 e. The normalized spacial score (nSPS) is 41.2. The summed E-state index contributed by atoms with van der Waals surface area (Å²) in [6, 6.07) is 0. The van der Waals surface area contributed by atoms with E-state index in [-0.39, 0.29) is 17.7 Å². The average Bonchev–Trinajstić information content (AvgIpc) is 2.88. The van der Waals surface area contributed by atoms with Crippen molar-refractivity contribution in [2.75, 3.05) is 13.1 Å². The van der Waals surface area contributed by atoms with Gasteiger partial charge in [0.15, 0.2) is 0 Å². The van der Waals surface area contributed by atoms with Crippen molar-refractivity contribution in [2.24, 2.45) is 17.3 Å². The maximum absolute atomic E-state index is 11.8. The number of aliphatic hydroxyl groups is 1. The summed E-state index contributed by atoms with van der Waals surface area (Å²) >= 11 is 0. The maximum Gasteiger partial charge on any atom is 0.235 e. The maximum atomic E-state index is 11.8. The van der Waals surface area contributed by atoms with Crippen LogP contribution < -0.4 is 10.6 Å². The van der Waals surface area contributed by atoms with Crippen LogP contribution in [0.15, 0.2) is 0 Å². The molecule has 2 amide bonds. The summed E-state index contributed by atoms with van der Waals surface area (Å²) in [5.74, 6) is -0.799. The Bertz CT molecular complexity index is 345. The molecule has 1 saturated carbocycles. The Labute approximate surface area is 93.6 Å². The number of nitrogens with one attached hydrogen (secondary N) is 2. The molecule has 3 unspecified atom stereocenters. The van der Waals surface area contributed by atoms with E-state index in [9.17, 15) is 14.7 Å². The second-order valence-corrected chi connectivity index (χ2v) is 5.20. The fourth-order valence-corrected chi connectivity index (χ4v) is 3.05. The molecule has 5 nitrogen and oxygen atoms in total. The number of piperidine rings is 1. The fraction of sp³-hybridized carbons (Fsp3) is 0.818. The van der Waals surface area contributed by atoms with Crippen molar-refractivity contribution in [3.05, 3.63) is 0 Å². The van der Waals surface area contributed by atoms with E-state index in [0.29, 0.717) is 12.8 Å². The highest BCUT2D eigenvalue weighted by Gasteiger charge is 2.63. The van der Waals surface area contributed by atoms with Crippen LogP contribution in [0.2, 0.25) is 0 Å². The molecule has 2 heterocycles. The lowest BCUT2D eigenvalue weighted by Gasteiger charge is -2.36. The van der Waals surface area contributed by atoms with Gasteiger partial charge in [-0.25, -0.2) is 0 Å². The predicted octanol–water partition coefficient (Wildman–Crippen LogP) is -0.990. The minimum atomic E-state index is -0.779. The summed E-state index contributed by atoms with van der Waals surface area (Å²) in [6.45, 7) is 1.65. The topological polar surface area (TPSA) is 78.4 Å². The highest BCUT2D eigenvalue weighted by Crippen LogP contribution is 2.54. The Balaban J connectivity index is 1.86. The van der Waals surface area contributed by atoms with Crippen molar-refractivity contribution >= 4 is 11.8 Å². The lowest BCUT2D eigenvalue weighted by molar-refractivity contribution is -0.152. The molecule has 3 aliphatic rings. The SMILES string of the molecule is O=C1NC(=O)C2(CC2)C(O)C1C1CCNC1. The van der Waals surface area contributed by atoms with Gasteiger partial charge in [-0.05, 0) is 38.3 Å². The van der Waals surface area contributed by atoms with Crippen molar-refractivity contribution in [1.29, 1.82) is 0 Å². The number of amides is 2. The molecule has 0 aromatic rings. The molecule has 1 spiro atoms. The predicted molar refractivity (Wildman–Crippen MR) is 55.3 cm³/mol. The van der Waals surface area contributed by atoms with Crippen LogP contribution in [0.4, 0.5) is 0 Å². The van der Waals surface area contributed by atoms with Crippen LogP contribution in [0.25, 0.3) is 0 Å². The van der Waals surface area contributed by atoms with Gasteiger partial charge in [0.2, 0.25) is 11.8 Å². The number of rotatable bonds is 1. The number of carbonyl (C=O) groups excluding carboxylic acids is 2. The second-order valence-electron chi connectivity index (χ2n) is 5.20. The van der Waals surface area contributed by atoms with Gasteiger partial charge in [0.25, 0.3) is 0 Å². The third kappa shape index (κ3) is 1.25. The lowest BCUT2D eigenvalue weighted by Crippen LogP contribution is -2.58. The van der Waals surface area contributed by atoms with Crippen LogP contribution in [0.3, 0.4) is 0 Å². The van der Waals surface area contributed by atoms with Gasteiger partial charge < -0.3 is 10.4 Å². The third-order valence-electron chi connectivity index (χ3n) is 4.29. The molecule has 3 N–H and O–H groups in total. The standard InChI is InChI=1S/C11H16N2O3/c14-8-7(6-1-4-12-5-6)9(15)13-10(16)11(8)2-3-11/h6-8,12,14H,1-5H2,(H,13,15,16). The first-order valence-corrected chi connectivity index (χ1v) is 5.89. The first-order valence-electron chi connectivity index (χ1n) is 5.89. The van der Waals surface area contributed by atoms with Crippen molar-refractivity contribution in [3.8, 4) is 0 Å². The highest BCUT2D eigenvalue weighted by atomic mass is 16.3. The zero-order valence-corrected chi connectivity index (χ0v) is 9.03. The molecule has 88 valence electrons. The van der Waals surface area contributed by atoms with E-state index in [2.05, 4.69) is 10.6 Å². The Morgan fingerprint density at radius 2 is 2.06 bits per heavy atom. The van der Waals surface area contributed by atoms with E-state index in [4.69, 9.17) is 0 Å². The Hall–Kier alpha value is -0.940.